The molecule has 1 radical (unpaired) electrons. The van der Waals surface area contributed by atoms with Gasteiger partial charge in [-0.25, -0.2) is 0 Å². The Morgan fingerprint density at radius 3 is 2.46 bits per heavy atom. The lowest BCUT2D eigenvalue weighted by Gasteiger charge is -2.15. The monoisotopic (exact) mass is 186 g/mol. The number of nitrogens with one attached hydrogen (secondary N) is 3. The average molecular weight is 186 g/mol. The SMILES string of the molecule is CNC(=O)C(CCC[NH])NC(C)=O. The Balaban J connectivity index is 4.02. The highest BCUT2D eigenvalue weighted by molar-refractivity contribution is 5.86. The van der Waals surface area contributed by atoms with Gasteiger partial charge in [-0.1, -0.05) is 0 Å². The first-order valence-corrected chi connectivity index (χ1v) is 4.25. The maximum Gasteiger partial charge on any atom is 0.242 e. The second-order valence-electron chi connectivity index (χ2n) is 2.76. The van der Waals surface area contributed by atoms with Gasteiger partial charge in [0.15, 0.2) is 0 Å². The van der Waals surface area contributed by atoms with Crippen LogP contribution in [0.5, 0.6) is 0 Å². The van der Waals surface area contributed by atoms with Crippen molar-refractivity contribution in [3.63, 3.8) is 0 Å². The highest BCUT2D eigenvalue weighted by atomic mass is 16.2. The van der Waals surface area contributed by atoms with Crippen LogP contribution in [0, 0.1) is 0 Å². The first kappa shape index (κ1) is 11.9. The van der Waals surface area contributed by atoms with Crippen molar-refractivity contribution >= 4 is 11.8 Å². The molecule has 3 N–H and O–H groups in total. The molecule has 0 aliphatic heterocycles. The van der Waals surface area contributed by atoms with Crippen molar-refractivity contribution in [1.82, 2.24) is 16.4 Å². The van der Waals surface area contributed by atoms with Crippen molar-refractivity contribution in [2.45, 2.75) is 25.8 Å². The molecule has 0 aromatic rings. The zero-order valence-electron chi connectivity index (χ0n) is 8.02. The van der Waals surface area contributed by atoms with Gasteiger partial charge in [0.25, 0.3) is 0 Å². The van der Waals surface area contributed by atoms with Crippen molar-refractivity contribution in [3.05, 3.63) is 0 Å². The van der Waals surface area contributed by atoms with E-state index < -0.39 is 6.04 Å². The third-order valence-electron chi connectivity index (χ3n) is 1.61. The lowest BCUT2D eigenvalue weighted by atomic mass is 10.1. The van der Waals surface area contributed by atoms with E-state index in [4.69, 9.17) is 5.73 Å². The molecule has 0 fully saturated rings. The first-order chi connectivity index (χ1) is 6.11. The van der Waals surface area contributed by atoms with Gasteiger partial charge in [0, 0.05) is 20.5 Å². The summed E-state index contributed by atoms with van der Waals surface area (Å²) in [7, 11) is 1.53. The standard InChI is InChI=1S/C8H16N3O2/c1-6(12)11-7(4-3-5-9)8(13)10-2/h7,9H,3-5H2,1-2H3,(H,10,13)(H,11,12). The average Bonchev–Trinajstić information content (AvgIpc) is 2.10. The molecule has 0 aliphatic carbocycles. The van der Waals surface area contributed by atoms with E-state index in [0.717, 1.165) is 0 Å². The largest absolute Gasteiger partial charge is 0.357 e. The van der Waals surface area contributed by atoms with Crippen LogP contribution in [0.1, 0.15) is 19.8 Å². The number of carbonyl (C=O) groups excluding carboxylic acids is 2. The van der Waals surface area contributed by atoms with Gasteiger partial charge in [0.1, 0.15) is 6.04 Å². The Kier molecular flexibility index (Phi) is 5.88. The predicted octanol–water partition coefficient (Wildman–Crippen LogP) is -0.700. The van der Waals surface area contributed by atoms with E-state index in [9.17, 15) is 9.59 Å². The molecule has 5 nitrogen and oxygen atoms in total. The number of hydrogen-bond acceptors (Lipinski definition) is 2. The van der Waals surface area contributed by atoms with Crippen LogP contribution in [0.4, 0.5) is 0 Å². The van der Waals surface area contributed by atoms with Crippen LogP contribution in [0.2, 0.25) is 0 Å². The van der Waals surface area contributed by atoms with Gasteiger partial charge in [-0.2, -0.15) is 0 Å². The second kappa shape index (κ2) is 6.42. The second-order valence-corrected chi connectivity index (χ2v) is 2.76. The van der Waals surface area contributed by atoms with Crippen LogP contribution in [-0.2, 0) is 9.59 Å². The van der Waals surface area contributed by atoms with Gasteiger partial charge in [-0.05, 0) is 12.8 Å². The summed E-state index contributed by atoms with van der Waals surface area (Å²) in [6.45, 7) is 1.64. The van der Waals surface area contributed by atoms with E-state index in [1.807, 2.05) is 0 Å². The lowest BCUT2D eigenvalue weighted by Crippen LogP contribution is -2.44. The Bertz CT molecular complexity index is 182. The number of likely N-dealkylation sites (N-methyl/N-ethyl adjacent to an activating group) is 1. The minimum atomic E-state index is -0.493. The van der Waals surface area contributed by atoms with E-state index in [0.29, 0.717) is 12.8 Å². The van der Waals surface area contributed by atoms with Crippen LogP contribution >= 0.6 is 0 Å². The van der Waals surface area contributed by atoms with Crippen molar-refractivity contribution in [2.75, 3.05) is 13.6 Å². The summed E-state index contributed by atoms with van der Waals surface area (Å²) in [6, 6.07) is -0.493. The van der Waals surface area contributed by atoms with Crippen LogP contribution in [0.15, 0.2) is 0 Å². The number of carbonyl (C=O) groups is 2. The molecule has 0 rings (SSSR count). The third-order valence-corrected chi connectivity index (χ3v) is 1.61. The summed E-state index contributed by atoms with van der Waals surface area (Å²) in [5.41, 5.74) is 6.93. The van der Waals surface area contributed by atoms with Gasteiger partial charge in [0.05, 0.1) is 0 Å². The third kappa shape index (κ3) is 5.19. The molecule has 0 heterocycles. The minimum absolute atomic E-state index is 0.205. The number of hydrogen-bond donors (Lipinski definition) is 2. The molecule has 1 unspecified atom stereocenters. The summed E-state index contributed by atoms with van der Waals surface area (Å²) in [5.74, 6) is -0.428. The molecule has 0 aromatic heterocycles. The molecular formula is C8H16N3O2. The molecule has 1 atom stereocenters. The molecule has 5 heteroatoms. The summed E-state index contributed by atoms with van der Waals surface area (Å²) in [6.07, 6.45) is 1.13. The lowest BCUT2D eigenvalue weighted by molar-refractivity contribution is -0.127. The molecule has 0 bridgehead atoms. The smallest absolute Gasteiger partial charge is 0.242 e. The van der Waals surface area contributed by atoms with Gasteiger partial charge >= 0.3 is 0 Å². The highest BCUT2D eigenvalue weighted by Crippen LogP contribution is 1.96. The molecule has 0 saturated carbocycles. The summed E-state index contributed by atoms with van der Waals surface area (Å²) < 4.78 is 0. The fourth-order valence-corrected chi connectivity index (χ4v) is 0.995. The summed E-state index contributed by atoms with van der Waals surface area (Å²) in [4.78, 5) is 21.9. The Labute approximate surface area is 78.1 Å². The molecule has 0 aliphatic rings. The molecular weight excluding hydrogens is 170 g/mol. The van der Waals surface area contributed by atoms with Crippen LogP contribution in [-0.4, -0.2) is 31.4 Å². The number of rotatable bonds is 5. The fraction of sp³-hybridized carbons (Fsp3) is 0.750. The van der Waals surface area contributed by atoms with E-state index in [-0.39, 0.29) is 18.4 Å². The van der Waals surface area contributed by atoms with Gasteiger partial charge in [-0.3, -0.25) is 15.3 Å². The molecule has 0 aromatic carbocycles. The molecule has 13 heavy (non-hydrogen) atoms. The maximum absolute atomic E-state index is 11.2. The maximum atomic E-state index is 11.2. The molecule has 0 spiro atoms. The number of amides is 2. The van der Waals surface area contributed by atoms with Crippen molar-refractivity contribution in [2.24, 2.45) is 0 Å². The van der Waals surface area contributed by atoms with Crippen molar-refractivity contribution in [1.29, 1.82) is 0 Å². The zero-order chi connectivity index (χ0) is 10.3. The van der Waals surface area contributed by atoms with E-state index in [1.165, 1.54) is 14.0 Å². The molecule has 75 valence electrons. The highest BCUT2D eigenvalue weighted by Gasteiger charge is 2.16. The summed E-state index contributed by atoms with van der Waals surface area (Å²) in [5, 5.41) is 5.00. The van der Waals surface area contributed by atoms with Gasteiger partial charge < -0.3 is 10.6 Å². The van der Waals surface area contributed by atoms with Crippen LogP contribution in [0.25, 0.3) is 0 Å². The first-order valence-electron chi connectivity index (χ1n) is 4.25. The molecule has 0 saturated heterocycles. The topological polar surface area (TPSA) is 82.0 Å². The minimum Gasteiger partial charge on any atom is -0.357 e. The quantitative estimate of drug-likeness (QED) is 0.595. The van der Waals surface area contributed by atoms with E-state index >= 15 is 0 Å². The van der Waals surface area contributed by atoms with Gasteiger partial charge in [-0.15, -0.1) is 0 Å². The van der Waals surface area contributed by atoms with Crippen LogP contribution < -0.4 is 16.4 Å². The van der Waals surface area contributed by atoms with E-state index in [2.05, 4.69) is 10.6 Å². The van der Waals surface area contributed by atoms with Crippen molar-refractivity contribution in [3.8, 4) is 0 Å². The normalized spacial score (nSPS) is 11.9. The zero-order valence-corrected chi connectivity index (χ0v) is 8.02. The Morgan fingerprint density at radius 2 is 2.08 bits per heavy atom. The van der Waals surface area contributed by atoms with Crippen molar-refractivity contribution < 1.29 is 9.59 Å². The summed E-state index contributed by atoms with van der Waals surface area (Å²) >= 11 is 0. The predicted molar refractivity (Wildman–Crippen MR) is 48.9 cm³/mol. The Hall–Kier alpha value is -1.10. The molecule has 2 amide bonds. The Morgan fingerprint density at radius 1 is 1.46 bits per heavy atom. The van der Waals surface area contributed by atoms with Crippen LogP contribution in [0.3, 0.4) is 0 Å². The van der Waals surface area contributed by atoms with E-state index in [1.54, 1.807) is 0 Å². The van der Waals surface area contributed by atoms with Gasteiger partial charge in [0.2, 0.25) is 11.8 Å². The fourth-order valence-electron chi connectivity index (χ4n) is 0.995.